The molecule has 0 saturated carbocycles. The van der Waals surface area contributed by atoms with Crippen LogP contribution >= 0.6 is 22.7 Å². The molecule has 0 unspecified atom stereocenters. The third kappa shape index (κ3) is 5.47. The molecule has 5 nitrogen and oxygen atoms in total. The van der Waals surface area contributed by atoms with Gasteiger partial charge in [0.15, 0.2) is 0 Å². The third-order valence-corrected chi connectivity index (χ3v) is 7.58. The molecule has 4 rings (SSSR count). The average molecular weight is 456 g/mol. The normalized spacial score (nSPS) is 16.6. The number of hydrogen-bond donors (Lipinski definition) is 1. The number of piperazine rings is 1. The SMILES string of the molecule is COc1ccc(N2CCN([C@@H](c3cccs3)[C@@H](C)NC(=O)Cc3cccs3)CC2)cc1. The Labute approximate surface area is 192 Å². The first-order valence-electron chi connectivity index (χ1n) is 10.6. The quantitative estimate of drug-likeness (QED) is 0.546. The Balaban J connectivity index is 1.40. The number of nitrogens with one attached hydrogen (secondary N) is 1. The predicted octanol–water partition coefficient (Wildman–Crippen LogP) is 4.43. The van der Waals surface area contributed by atoms with Crippen LogP contribution in [0.2, 0.25) is 0 Å². The Morgan fingerprint density at radius 3 is 2.35 bits per heavy atom. The summed E-state index contributed by atoms with van der Waals surface area (Å²) in [5.74, 6) is 0.973. The lowest BCUT2D eigenvalue weighted by Crippen LogP contribution is -2.52. The Morgan fingerprint density at radius 2 is 1.74 bits per heavy atom. The zero-order valence-corrected chi connectivity index (χ0v) is 19.6. The maximum atomic E-state index is 12.6. The van der Waals surface area contributed by atoms with Gasteiger partial charge >= 0.3 is 0 Å². The topological polar surface area (TPSA) is 44.8 Å². The predicted molar refractivity (Wildman–Crippen MR) is 129 cm³/mol. The fourth-order valence-electron chi connectivity index (χ4n) is 4.21. The lowest BCUT2D eigenvalue weighted by molar-refractivity contribution is -0.121. The van der Waals surface area contributed by atoms with Gasteiger partial charge in [-0.1, -0.05) is 12.1 Å². The molecule has 0 bridgehead atoms. The number of nitrogens with zero attached hydrogens (tertiary/aromatic N) is 2. The van der Waals surface area contributed by atoms with Crippen LogP contribution in [-0.2, 0) is 11.2 Å². The second-order valence-corrected chi connectivity index (χ2v) is 9.81. The minimum Gasteiger partial charge on any atom is -0.497 e. The molecule has 2 atom stereocenters. The fourth-order valence-corrected chi connectivity index (χ4v) is 5.88. The van der Waals surface area contributed by atoms with Gasteiger partial charge in [-0.15, -0.1) is 22.7 Å². The van der Waals surface area contributed by atoms with E-state index >= 15 is 0 Å². The number of benzene rings is 1. The van der Waals surface area contributed by atoms with Crippen LogP contribution in [0.15, 0.2) is 59.3 Å². The molecule has 0 aliphatic carbocycles. The van der Waals surface area contributed by atoms with Gasteiger partial charge in [-0.3, -0.25) is 9.69 Å². The van der Waals surface area contributed by atoms with Gasteiger partial charge < -0.3 is 15.0 Å². The smallest absolute Gasteiger partial charge is 0.225 e. The summed E-state index contributed by atoms with van der Waals surface area (Å²) in [7, 11) is 1.69. The van der Waals surface area contributed by atoms with Gasteiger partial charge in [0.05, 0.1) is 19.6 Å². The summed E-state index contributed by atoms with van der Waals surface area (Å²) >= 11 is 3.40. The van der Waals surface area contributed by atoms with Crippen LogP contribution in [0.25, 0.3) is 0 Å². The van der Waals surface area contributed by atoms with Crippen molar-refractivity contribution in [1.29, 1.82) is 0 Å². The number of anilines is 1. The van der Waals surface area contributed by atoms with Gasteiger partial charge in [0.2, 0.25) is 5.91 Å². The summed E-state index contributed by atoms with van der Waals surface area (Å²) in [6.45, 7) is 5.97. The first-order valence-corrected chi connectivity index (χ1v) is 12.4. The number of carbonyl (C=O) groups excluding carboxylic acids is 1. The van der Waals surface area contributed by atoms with Gasteiger partial charge in [0, 0.05) is 47.7 Å². The van der Waals surface area contributed by atoms with Gasteiger partial charge in [-0.2, -0.15) is 0 Å². The highest BCUT2D eigenvalue weighted by Crippen LogP contribution is 2.30. The van der Waals surface area contributed by atoms with Crippen molar-refractivity contribution >= 4 is 34.3 Å². The molecule has 0 spiro atoms. The minimum absolute atomic E-state index is 0.0404. The first-order chi connectivity index (χ1) is 15.1. The zero-order valence-electron chi connectivity index (χ0n) is 18.0. The molecular weight excluding hydrogens is 426 g/mol. The molecule has 1 amide bonds. The van der Waals surface area contributed by atoms with Crippen molar-refractivity contribution in [2.24, 2.45) is 0 Å². The molecule has 1 aliphatic heterocycles. The van der Waals surface area contributed by atoms with Gasteiger partial charge in [0.25, 0.3) is 0 Å². The maximum absolute atomic E-state index is 12.6. The number of ether oxygens (including phenoxy) is 1. The summed E-state index contributed by atoms with van der Waals surface area (Å²) in [5.41, 5.74) is 1.23. The van der Waals surface area contributed by atoms with Crippen molar-refractivity contribution in [3.63, 3.8) is 0 Å². The second kappa shape index (κ2) is 10.3. The zero-order chi connectivity index (χ0) is 21.6. The Kier molecular flexibility index (Phi) is 7.27. The van der Waals surface area contributed by atoms with Crippen LogP contribution in [0.4, 0.5) is 5.69 Å². The van der Waals surface area contributed by atoms with Crippen LogP contribution < -0.4 is 15.0 Å². The van der Waals surface area contributed by atoms with Crippen molar-refractivity contribution < 1.29 is 9.53 Å². The molecule has 31 heavy (non-hydrogen) atoms. The number of methoxy groups -OCH3 is 1. The van der Waals surface area contributed by atoms with Crippen molar-refractivity contribution in [3.8, 4) is 5.75 Å². The summed E-state index contributed by atoms with van der Waals surface area (Å²) in [4.78, 5) is 20.0. The third-order valence-electron chi connectivity index (χ3n) is 5.76. The van der Waals surface area contributed by atoms with Crippen LogP contribution in [0, 0.1) is 0 Å². The molecular formula is C24H29N3O2S2. The van der Waals surface area contributed by atoms with E-state index < -0.39 is 0 Å². The molecule has 3 heterocycles. The number of amides is 1. The van der Waals surface area contributed by atoms with E-state index in [-0.39, 0.29) is 18.0 Å². The van der Waals surface area contributed by atoms with Gasteiger partial charge in [-0.05, 0) is 54.1 Å². The molecule has 1 aliphatic rings. The largest absolute Gasteiger partial charge is 0.497 e. The number of rotatable bonds is 8. The van der Waals surface area contributed by atoms with E-state index in [1.807, 2.05) is 29.6 Å². The summed E-state index contributed by atoms with van der Waals surface area (Å²) in [5, 5.41) is 7.40. The molecule has 2 aromatic heterocycles. The monoisotopic (exact) mass is 455 g/mol. The van der Waals surface area contributed by atoms with Crippen LogP contribution in [-0.4, -0.2) is 50.1 Å². The highest BCUT2D eigenvalue weighted by molar-refractivity contribution is 7.10. The molecule has 0 radical (unpaired) electrons. The maximum Gasteiger partial charge on any atom is 0.225 e. The summed E-state index contributed by atoms with van der Waals surface area (Å²) in [6.07, 6.45) is 0.449. The standard InChI is InChI=1S/C24H29N3O2S2/c1-18(25-23(28)17-21-5-3-15-30-21)24(22-6-4-16-31-22)27-13-11-26(12-14-27)19-7-9-20(29-2)10-8-19/h3-10,15-16,18,24H,11-14,17H2,1-2H3,(H,25,28)/t18-,24-/m1/s1. The molecule has 3 aromatic rings. The van der Waals surface area contributed by atoms with E-state index in [0.717, 1.165) is 36.8 Å². The highest BCUT2D eigenvalue weighted by atomic mass is 32.1. The van der Waals surface area contributed by atoms with E-state index in [1.54, 1.807) is 29.8 Å². The van der Waals surface area contributed by atoms with Crippen molar-refractivity contribution in [1.82, 2.24) is 10.2 Å². The molecule has 1 aromatic carbocycles. The fraction of sp³-hybridized carbons (Fsp3) is 0.375. The van der Waals surface area contributed by atoms with E-state index in [1.165, 1.54) is 10.6 Å². The van der Waals surface area contributed by atoms with Crippen molar-refractivity contribution in [2.75, 3.05) is 38.2 Å². The van der Waals surface area contributed by atoms with E-state index in [4.69, 9.17) is 4.74 Å². The van der Waals surface area contributed by atoms with Crippen LogP contribution in [0.3, 0.4) is 0 Å². The van der Waals surface area contributed by atoms with Crippen LogP contribution in [0.5, 0.6) is 5.75 Å². The number of carbonyl (C=O) groups is 1. The first kappa shape index (κ1) is 21.9. The molecule has 1 saturated heterocycles. The Morgan fingerprint density at radius 1 is 1.03 bits per heavy atom. The Hall–Kier alpha value is -2.35. The minimum atomic E-state index is 0.0404. The van der Waals surface area contributed by atoms with Gasteiger partial charge in [0.1, 0.15) is 5.75 Å². The van der Waals surface area contributed by atoms with Gasteiger partial charge in [-0.25, -0.2) is 0 Å². The highest BCUT2D eigenvalue weighted by Gasteiger charge is 2.31. The van der Waals surface area contributed by atoms with E-state index in [9.17, 15) is 4.79 Å². The lowest BCUT2D eigenvalue weighted by atomic mass is 10.0. The second-order valence-electron chi connectivity index (χ2n) is 7.79. The number of thiophene rings is 2. The molecule has 1 N–H and O–H groups in total. The number of hydrogen-bond acceptors (Lipinski definition) is 6. The van der Waals surface area contributed by atoms with Crippen LogP contribution in [0.1, 0.15) is 22.7 Å². The molecule has 7 heteroatoms. The van der Waals surface area contributed by atoms with Crippen molar-refractivity contribution in [3.05, 3.63) is 69.0 Å². The molecule has 164 valence electrons. The Bertz CT molecular complexity index is 934. The van der Waals surface area contributed by atoms with E-state index in [0.29, 0.717) is 6.42 Å². The average Bonchev–Trinajstić information content (AvgIpc) is 3.49. The van der Waals surface area contributed by atoms with E-state index in [2.05, 4.69) is 51.7 Å². The summed E-state index contributed by atoms with van der Waals surface area (Å²) < 4.78 is 5.28. The summed E-state index contributed by atoms with van der Waals surface area (Å²) in [6, 6.07) is 16.8. The molecule has 1 fully saturated rings. The van der Waals surface area contributed by atoms with Crippen molar-refractivity contribution in [2.45, 2.75) is 25.4 Å². The lowest BCUT2D eigenvalue weighted by Gasteiger charge is -2.42.